The van der Waals surface area contributed by atoms with Crippen LogP contribution in [0.2, 0.25) is 0 Å². The second-order valence-corrected chi connectivity index (χ2v) is 8.24. The maximum Gasteiger partial charge on any atom is 0.433 e. The number of alkyl halides is 3. The van der Waals surface area contributed by atoms with Gasteiger partial charge >= 0.3 is 6.18 Å². The van der Waals surface area contributed by atoms with Crippen molar-refractivity contribution in [3.05, 3.63) is 58.4 Å². The van der Waals surface area contributed by atoms with Crippen LogP contribution in [0.15, 0.2) is 41.6 Å². The lowest BCUT2D eigenvalue weighted by molar-refractivity contribution is -0.141. The third-order valence-electron chi connectivity index (χ3n) is 4.81. The number of aromatic nitrogens is 5. The van der Waals surface area contributed by atoms with Gasteiger partial charge in [-0.15, -0.1) is 0 Å². The van der Waals surface area contributed by atoms with E-state index >= 15 is 0 Å². The summed E-state index contributed by atoms with van der Waals surface area (Å²) in [7, 11) is 4.66. The SMILES string of the molecule is CN(C)C(=O)C(C)(C)NC(=O)c1cc(-c2ccc(C(F)(F)F)nc2)nn(-c2cnn(C)c2)c1=O. The number of likely N-dealkylation sites (N-methyl/N-ethyl adjacent to an activating group) is 1. The summed E-state index contributed by atoms with van der Waals surface area (Å²) < 4.78 is 41.0. The van der Waals surface area contributed by atoms with E-state index in [-0.39, 0.29) is 22.5 Å². The third-order valence-corrected chi connectivity index (χ3v) is 4.81. The zero-order valence-electron chi connectivity index (χ0n) is 19.0. The predicted molar refractivity (Wildman–Crippen MR) is 115 cm³/mol. The molecular formula is C21H22F3N7O3. The number of amides is 2. The van der Waals surface area contributed by atoms with Crippen molar-refractivity contribution in [1.82, 2.24) is 34.8 Å². The van der Waals surface area contributed by atoms with E-state index in [9.17, 15) is 27.6 Å². The minimum absolute atomic E-state index is 0.0200. The number of hydrogen-bond acceptors (Lipinski definition) is 6. The lowest BCUT2D eigenvalue weighted by atomic mass is 10.0. The summed E-state index contributed by atoms with van der Waals surface area (Å²) in [5.41, 5.74) is -3.22. The van der Waals surface area contributed by atoms with Gasteiger partial charge in [0.05, 0.1) is 18.1 Å². The fourth-order valence-corrected chi connectivity index (χ4v) is 3.17. The largest absolute Gasteiger partial charge is 0.433 e. The van der Waals surface area contributed by atoms with E-state index in [0.29, 0.717) is 0 Å². The number of halogens is 3. The van der Waals surface area contributed by atoms with Crippen molar-refractivity contribution in [2.75, 3.05) is 14.1 Å². The lowest BCUT2D eigenvalue weighted by Gasteiger charge is -2.28. The van der Waals surface area contributed by atoms with Crippen molar-refractivity contribution >= 4 is 11.8 Å². The molecule has 1 N–H and O–H groups in total. The molecule has 0 aromatic carbocycles. The highest BCUT2D eigenvalue weighted by Gasteiger charge is 2.33. The second kappa shape index (κ2) is 8.72. The van der Waals surface area contributed by atoms with Gasteiger partial charge in [-0.1, -0.05) is 0 Å². The third kappa shape index (κ3) is 4.97. The first-order valence-corrected chi connectivity index (χ1v) is 9.92. The molecule has 0 aliphatic rings. The van der Waals surface area contributed by atoms with E-state index in [1.54, 1.807) is 7.05 Å². The molecule has 10 nitrogen and oxygen atoms in total. The average molecular weight is 477 g/mol. The fraction of sp³-hybridized carbons (Fsp3) is 0.333. The summed E-state index contributed by atoms with van der Waals surface area (Å²) in [5.74, 6) is -1.26. The molecular weight excluding hydrogens is 455 g/mol. The van der Waals surface area contributed by atoms with Gasteiger partial charge < -0.3 is 10.2 Å². The molecule has 34 heavy (non-hydrogen) atoms. The van der Waals surface area contributed by atoms with Gasteiger partial charge in [-0.25, -0.2) is 0 Å². The van der Waals surface area contributed by atoms with E-state index in [2.05, 4.69) is 20.5 Å². The standard InChI is InChI=1S/C21H22F3N7O3/c1-20(2,19(34)29(3)4)27-17(32)14-8-15(12-6-7-16(25-9-12)21(22,23)24)28-31(18(14)33)13-10-26-30(5)11-13/h6-11H,1-5H3,(H,27,32). The highest BCUT2D eigenvalue weighted by molar-refractivity contribution is 5.99. The fourth-order valence-electron chi connectivity index (χ4n) is 3.17. The van der Waals surface area contributed by atoms with Crippen molar-refractivity contribution in [3.8, 4) is 16.9 Å². The Morgan fingerprint density at radius 2 is 1.79 bits per heavy atom. The number of nitrogens with one attached hydrogen (secondary N) is 1. The molecule has 3 rings (SSSR count). The normalized spacial score (nSPS) is 11.9. The monoisotopic (exact) mass is 477 g/mol. The first-order valence-electron chi connectivity index (χ1n) is 9.92. The summed E-state index contributed by atoms with van der Waals surface area (Å²) in [4.78, 5) is 43.3. The summed E-state index contributed by atoms with van der Waals surface area (Å²) >= 11 is 0. The lowest BCUT2D eigenvalue weighted by Crippen LogP contribution is -2.55. The topological polar surface area (TPSA) is 115 Å². The first kappa shape index (κ1) is 24.6. The average Bonchev–Trinajstić information content (AvgIpc) is 3.18. The maximum absolute atomic E-state index is 13.1. The number of aryl methyl sites for hydroxylation is 1. The molecule has 3 aromatic heterocycles. The van der Waals surface area contributed by atoms with Gasteiger partial charge in [0.25, 0.3) is 11.5 Å². The minimum atomic E-state index is -4.63. The molecule has 3 aromatic rings. The Bertz CT molecular complexity index is 1290. The molecule has 0 radical (unpaired) electrons. The molecule has 0 saturated carbocycles. The molecule has 0 fully saturated rings. The van der Waals surface area contributed by atoms with E-state index in [0.717, 1.165) is 29.1 Å². The number of carbonyl (C=O) groups excluding carboxylic acids is 2. The van der Waals surface area contributed by atoms with Crippen molar-refractivity contribution in [2.24, 2.45) is 7.05 Å². The van der Waals surface area contributed by atoms with Gasteiger partial charge in [-0.3, -0.25) is 24.0 Å². The number of carbonyl (C=O) groups is 2. The van der Waals surface area contributed by atoms with Crippen LogP contribution in [0, 0.1) is 0 Å². The molecule has 0 saturated heterocycles. The Balaban J connectivity index is 2.13. The zero-order valence-corrected chi connectivity index (χ0v) is 19.0. The molecule has 0 atom stereocenters. The second-order valence-electron chi connectivity index (χ2n) is 8.24. The molecule has 180 valence electrons. The predicted octanol–water partition coefficient (Wildman–Crippen LogP) is 1.64. The Hall–Kier alpha value is -4.03. The van der Waals surface area contributed by atoms with Crippen molar-refractivity contribution in [3.63, 3.8) is 0 Å². The number of nitrogens with zero attached hydrogens (tertiary/aromatic N) is 6. The molecule has 3 heterocycles. The molecule has 2 amide bonds. The van der Waals surface area contributed by atoms with Crippen LogP contribution in [0.1, 0.15) is 29.9 Å². The van der Waals surface area contributed by atoms with Gasteiger partial charge in [0.15, 0.2) is 0 Å². The number of pyridine rings is 1. The first-order chi connectivity index (χ1) is 15.7. The van der Waals surface area contributed by atoms with Gasteiger partial charge in [-0.05, 0) is 32.0 Å². The van der Waals surface area contributed by atoms with Gasteiger partial charge in [-0.2, -0.15) is 28.1 Å². The molecule has 0 spiro atoms. The van der Waals surface area contributed by atoms with Crippen LogP contribution in [0.5, 0.6) is 0 Å². The summed E-state index contributed by atoms with van der Waals surface area (Å²) in [6.45, 7) is 2.96. The molecule has 0 bridgehead atoms. The highest BCUT2D eigenvalue weighted by atomic mass is 19.4. The minimum Gasteiger partial charge on any atom is -0.347 e. The highest BCUT2D eigenvalue weighted by Crippen LogP contribution is 2.28. The number of rotatable bonds is 5. The smallest absolute Gasteiger partial charge is 0.347 e. The van der Waals surface area contributed by atoms with Crippen LogP contribution < -0.4 is 10.9 Å². The molecule has 0 aliphatic carbocycles. The van der Waals surface area contributed by atoms with E-state index in [1.165, 1.54) is 49.9 Å². The summed E-state index contributed by atoms with van der Waals surface area (Å²) in [5, 5.41) is 10.7. The van der Waals surface area contributed by atoms with E-state index in [1.807, 2.05) is 0 Å². The molecule has 0 aliphatic heterocycles. The Labute approximate surface area is 192 Å². The number of hydrogen-bond donors (Lipinski definition) is 1. The quantitative estimate of drug-likeness (QED) is 0.598. The zero-order chi connectivity index (χ0) is 25.4. The van der Waals surface area contributed by atoms with Crippen molar-refractivity contribution in [2.45, 2.75) is 25.6 Å². The summed E-state index contributed by atoms with van der Waals surface area (Å²) in [6.07, 6.45) is -0.866. The van der Waals surface area contributed by atoms with E-state index in [4.69, 9.17) is 0 Å². The molecule has 13 heteroatoms. The Kier molecular flexibility index (Phi) is 6.31. The van der Waals surface area contributed by atoms with Crippen LogP contribution in [0.3, 0.4) is 0 Å². The molecule has 0 unspecified atom stereocenters. The van der Waals surface area contributed by atoms with Gasteiger partial charge in [0.2, 0.25) is 5.91 Å². The van der Waals surface area contributed by atoms with Gasteiger partial charge in [0, 0.05) is 32.9 Å². The Morgan fingerprint density at radius 3 is 2.29 bits per heavy atom. The van der Waals surface area contributed by atoms with Crippen molar-refractivity contribution < 1.29 is 22.8 Å². The summed E-state index contributed by atoms with van der Waals surface area (Å²) in [6, 6.07) is 3.05. The Morgan fingerprint density at radius 1 is 1.12 bits per heavy atom. The van der Waals surface area contributed by atoms with Crippen LogP contribution in [0.4, 0.5) is 13.2 Å². The van der Waals surface area contributed by atoms with Crippen LogP contribution in [-0.2, 0) is 18.0 Å². The van der Waals surface area contributed by atoms with Crippen LogP contribution in [0.25, 0.3) is 16.9 Å². The van der Waals surface area contributed by atoms with Gasteiger partial charge in [0.1, 0.15) is 22.5 Å². The van der Waals surface area contributed by atoms with Crippen LogP contribution in [-0.4, -0.2) is 60.9 Å². The van der Waals surface area contributed by atoms with Crippen LogP contribution >= 0.6 is 0 Å². The maximum atomic E-state index is 13.1. The van der Waals surface area contributed by atoms with E-state index < -0.39 is 34.8 Å². The van der Waals surface area contributed by atoms with Crippen molar-refractivity contribution in [1.29, 1.82) is 0 Å².